The number of Topliss-reactive ketones (excluding diaryl/α,β-unsaturated/α-hetero) is 1. The molecule has 1 aliphatic heterocycles. The highest BCUT2D eigenvalue weighted by molar-refractivity contribution is 7.80. The number of ketones is 1. The molecule has 1 heterocycles. The second-order valence-corrected chi connectivity index (χ2v) is 9.61. The molecule has 4 aromatic carbocycles. The van der Waals surface area contributed by atoms with Crippen LogP contribution in [0.3, 0.4) is 0 Å². The molecule has 0 saturated carbocycles. The van der Waals surface area contributed by atoms with Gasteiger partial charge in [0.05, 0.1) is 40.5 Å². The third-order valence-corrected chi connectivity index (χ3v) is 6.77. The average Bonchev–Trinajstić information content (AvgIpc) is 3.01. The lowest BCUT2D eigenvalue weighted by molar-refractivity contribution is -0.385. The lowest BCUT2D eigenvalue weighted by atomic mass is 9.86. The quantitative estimate of drug-likeness (QED) is 0.0988. The monoisotopic (exact) mass is 565 g/mol. The molecule has 5 rings (SSSR count). The number of nitrogens with zero attached hydrogens (tertiary/aromatic N) is 1. The summed E-state index contributed by atoms with van der Waals surface area (Å²) in [4.78, 5) is 26.1. The van der Waals surface area contributed by atoms with E-state index in [1.165, 1.54) is 6.07 Å². The summed E-state index contributed by atoms with van der Waals surface area (Å²) < 4.78 is 11.9. The maximum Gasteiger partial charge on any atom is 0.279 e. The Balaban J connectivity index is 1.68. The van der Waals surface area contributed by atoms with E-state index in [9.17, 15) is 14.9 Å². The molecular formula is C32H27N3O5S. The van der Waals surface area contributed by atoms with Gasteiger partial charge in [-0.25, -0.2) is 0 Å². The van der Waals surface area contributed by atoms with Crippen molar-refractivity contribution in [3.8, 4) is 11.5 Å². The van der Waals surface area contributed by atoms with E-state index in [1.807, 2.05) is 73.7 Å². The fourth-order valence-corrected chi connectivity index (χ4v) is 4.91. The molecule has 0 radical (unpaired) electrons. The van der Waals surface area contributed by atoms with E-state index < -0.39 is 11.0 Å². The third kappa shape index (κ3) is 6.10. The highest BCUT2D eigenvalue weighted by Crippen LogP contribution is 2.42. The molecule has 206 valence electrons. The van der Waals surface area contributed by atoms with E-state index >= 15 is 0 Å². The van der Waals surface area contributed by atoms with Gasteiger partial charge in [-0.15, -0.1) is 0 Å². The van der Waals surface area contributed by atoms with Crippen molar-refractivity contribution in [3.05, 3.63) is 141 Å². The van der Waals surface area contributed by atoms with Crippen LogP contribution >= 0.6 is 12.2 Å². The molecule has 0 aliphatic carbocycles. The fraction of sp³-hybridized carbons (Fsp3) is 0.125. The van der Waals surface area contributed by atoms with Crippen molar-refractivity contribution in [2.24, 2.45) is 0 Å². The van der Waals surface area contributed by atoms with E-state index in [0.717, 1.165) is 11.1 Å². The number of rotatable bonds is 10. The minimum atomic E-state index is -0.950. The van der Waals surface area contributed by atoms with Crippen LogP contribution in [0.4, 0.5) is 5.69 Å². The Bertz CT molecular complexity index is 1610. The minimum absolute atomic E-state index is 0.197. The van der Waals surface area contributed by atoms with Gasteiger partial charge in [-0.05, 0) is 36.3 Å². The van der Waals surface area contributed by atoms with E-state index in [2.05, 4.69) is 10.6 Å². The minimum Gasteiger partial charge on any atom is -0.490 e. The number of hydrogen-bond acceptors (Lipinski definition) is 6. The third-order valence-electron chi connectivity index (χ3n) is 6.55. The molecule has 0 saturated heterocycles. The molecule has 0 fully saturated rings. The average molecular weight is 566 g/mol. The van der Waals surface area contributed by atoms with Crippen LogP contribution in [0.2, 0.25) is 0 Å². The van der Waals surface area contributed by atoms with Gasteiger partial charge < -0.3 is 20.1 Å². The summed E-state index contributed by atoms with van der Waals surface area (Å²) in [6, 6.07) is 29.5. The van der Waals surface area contributed by atoms with E-state index in [1.54, 1.807) is 30.3 Å². The SMILES string of the molecule is CCOc1cc([C@H]2NC(=S)NC(c3ccccc3)=C2C(=O)c2ccccc2)c([N+](=O)[O-])cc1OCc1ccccc1. The summed E-state index contributed by atoms with van der Waals surface area (Å²) in [6.07, 6.45) is 0. The molecule has 0 amide bonds. The maximum absolute atomic E-state index is 14.1. The predicted octanol–water partition coefficient (Wildman–Crippen LogP) is 6.39. The molecule has 0 aromatic heterocycles. The Morgan fingerprint density at radius 3 is 2.15 bits per heavy atom. The normalized spacial score (nSPS) is 14.6. The smallest absolute Gasteiger partial charge is 0.279 e. The second-order valence-electron chi connectivity index (χ2n) is 9.20. The summed E-state index contributed by atoms with van der Waals surface area (Å²) >= 11 is 5.54. The first-order valence-electron chi connectivity index (χ1n) is 13.0. The predicted molar refractivity (Wildman–Crippen MR) is 161 cm³/mol. The highest BCUT2D eigenvalue weighted by Gasteiger charge is 2.37. The maximum atomic E-state index is 14.1. The van der Waals surface area contributed by atoms with Crippen LogP contribution in [-0.2, 0) is 6.61 Å². The number of ether oxygens (including phenoxy) is 2. The van der Waals surface area contributed by atoms with Gasteiger partial charge in [0.15, 0.2) is 22.4 Å². The van der Waals surface area contributed by atoms with Gasteiger partial charge in [-0.1, -0.05) is 91.0 Å². The Kier molecular flexibility index (Phi) is 8.36. The summed E-state index contributed by atoms with van der Waals surface area (Å²) in [6.45, 7) is 2.32. The van der Waals surface area contributed by atoms with Crippen LogP contribution in [-0.4, -0.2) is 22.4 Å². The molecule has 0 unspecified atom stereocenters. The summed E-state index contributed by atoms with van der Waals surface area (Å²) in [5.41, 5.74) is 2.82. The number of nitrogens with one attached hydrogen (secondary N) is 2. The molecule has 1 aliphatic rings. The zero-order valence-electron chi connectivity index (χ0n) is 22.2. The molecular weight excluding hydrogens is 538 g/mol. The first-order valence-corrected chi connectivity index (χ1v) is 13.5. The fourth-order valence-electron chi connectivity index (χ4n) is 4.69. The first kappa shape index (κ1) is 27.5. The molecule has 1 atom stereocenters. The van der Waals surface area contributed by atoms with Gasteiger partial charge in [0.1, 0.15) is 6.61 Å². The Morgan fingerprint density at radius 2 is 1.51 bits per heavy atom. The largest absolute Gasteiger partial charge is 0.490 e. The van der Waals surface area contributed by atoms with Crippen molar-refractivity contribution in [2.45, 2.75) is 19.6 Å². The molecule has 0 spiro atoms. The zero-order chi connectivity index (χ0) is 28.8. The molecule has 41 heavy (non-hydrogen) atoms. The van der Waals surface area contributed by atoms with Crippen LogP contribution in [0.25, 0.3) is 5.70 Å². The first-order chi connectivity index (χ1) is 20.0. The number of hydrogen-bond donors (Lipinski definition) is 2. The van der Waals surface area contributed by atoms with Crippen molar-refractivity contribution in [1.82, 2.24) is 10.6 Å². The van der Waals surface area contributed by atoms with Gasteiger partial charge in [-0.3, -0.25) is 14.9 Å². The van der Waals surface area contributed by atoms with Crippen LogP contribution in [0.5, 0.6) is 11.5 Å². The van der Waals surface area contributed by atoms with Crippen molar-refractivity contribution in [2.75, 3.05) is 6.61 Å². The Labute approximate surface area is 242 Å². The standard InChI is InChI=1S/C32H27N3O5S/c1-2-39-26-18-24(25(35(37)38)19-27(26)40-20-21-12-6-3-7-13-21)30-28(31(36)23-16-10-5-11-17-23)29(33-32(41)34-30)22-14-8-4-9-15-22/h3-19,30H,2,20H2,1H3,(H2,33,34,41)/t30-/m1/s1. The van der Waals surface area contributed by atoms with Crippen LogP contribution in [0.1, 0.15) is 40.0 Å². The summed E-state index contributed by atoms with van der Waals surface area (Å²) in [7, 11) is 0. The highest BCUT2D eigenvalue weighted by atomic mass is 32.1. The van der Waals surface area contributed by atoms with Gasteiger partial charge in [0.2, 0.25) is 0 Å². The van der Waals surface area contributed by atoms with Crippen LogP contribution < -0.4 is 20.1 Å². The zero-order valence-corrected chi connectivity index (χ0v) is 23.0. The molecule has 4 aromatic rings. The van der Waals surface area contributed by atoms with Crippen molar-refractivity contribution in [3.63, 3.8) is 0 Å². The molecule has 2 N–H and O–H groups in total. The lowest BCUT2D eigenvalue weighted by Gasteiger charge is -2.32. The van der Waals surface area contributed by atoms with Crippen LogP contribution in [0, 0.1) is 10.1 Å². The van der Waals surface area contributed by atoms with E-state index in [-0.39, 0.29) is 34.5 Å². The lowest BCUT2D eigenvalue weighted by Crippen LogP contribution is -2.45. The topological polar surface area (TPSA) is 103 Å². The van der Waals surface area contributed by atoms with Crippen LogP contribution in [0.15, 0.2) is 109 Å². The number of nitro groups is 1. The Morgan fingerprint density at radius 1 is 0.902 bits per heavy atom. The van der Waals surface area contributed by atoms with Gasteiger partial charge in [0.25, 0.3) is 5.69 Å². The van der Waals surface area contributed by atoms with E-state index in [0.29, 0.717) is 29.2 Å². The second kappa shape index (κ2) is 12.4. The number of thiocarbonyl (C=S) groups is 1. The number of nitro benzene ring substituents is 1. The number of carbonyl (C=O) groups excluding carboxylic acids is 1. The summed E-state index contributed by atoms with van der Waals surface area (Å²) in [5, 5.41) is 18.9. The number of carbonyl (C=O) groups is 1. The summed E-state index contributed by atoms with van der Waals surface area (Å²) in [5.74, 6) is 0.252. The van der Waals surface area contributed by atoms with Gasteiger partial charge in [-0.2, -0.15) is 0 Å². The molecule has 9 heteroatoms. The van der Waals surface area contributed by atoms with Crippen molar-refractivity contribution < 1.29 is 19.2 Å². The Hall–Kier alpha value is -5.02. The van der Waals surface area contributed by atoms with Crippen molar-refractivity contribution >= 4 is 34.5 Å². The van der Waals surface area contributed by atoms with Crippen molar-refractivity contribution in [1.29, 1.82) is 0 Å². The van der Waals surface area contributed by atoms with E-state index in [4.69, 9.17) is 21.7 Å². The number of benzene rings is 4. The molecule has 8 nitrogen and oxygen atoms in total. The molecule has 0 bridgehead atoms. The van der Waals surface area contributed by atoms with Gasteiger partial charge in [0, 0.05) is 5.56 Å². The van der Waals surface area contributed by atoms with Gasteiger partial charge >= 0.3 is 0 Å².